The van der Waals surface area contributed by atoms with Crippen LogP contribution < -0.4 is 11.0 Å². The Morgan fingerprint density at radius 2 is 1.86 bits per heavy atom. The largest absolute Gasteiger partial charge is 0.343 e. The van der Waals surface area contributed by atoms with Crippen LogP contribution in [0.15, 0.2) is 23.0 Å². The first kappa shape index (κ1) is 14.4. The molecule has 3 rings (SSSR count). The normalized spacial score (nSPS) is 16.0. The van der Waals surface area contributed by atoms with Gasteiger partial charge in [0, 0.05) is 31.6 Å². The number of nitrogens with one attached hydrogen (secondary N) is 3. The van der Waals surface area contributed by atoms with Gasteiger partial charge < -0.3 is 20.2 Å². The molecule has 0 aliphatic carbocycles. The molecule has 1 aromatic carbocycles. The molecule has 0 unspecified atom stereocenters. The summed E-state index contributed by atoms with van der Waals surface area (Å²) in [7, 11) is 0. The lowest BCUT2D eigenvalue weighted by Crippen LogP contribution is -2.40. The lowest BCUT2D eigenvalue weighted by Gasteiger charge is -2.30. The molecule has 22 heavy (non-hydrogen) atoms. The van der Waals surface area contributed by atoms with Crippen LogP contribution in [0.1, 0.15) is 19.8 Å². The van der Waals surface area contributed by atoms with E-state index in [0.29, 0.717) is 42.7 Å². The zero-order chi connectivity index (χ0) is 15.7. The van der Waals surface area contributed by atoms with E-state index in [-0.39, 0.29) is 23.4 Å². The highest BCUT2D eigenvalue weighted by atomic mass is 16.2. The molecule has 2 heterocycles. The van der Waals surface area contributed by atoms with E-state index in [0.717, 1.165) is 0 Å². The monoisotopic (exact) mass is 302 g/mol. The molecule has 1 saturated heterocycles. The summed E-state index contributed by atoms with van der Waals surface area (Å²) in [5, 5.41) is 2.88. The molecule has 1 fully saturated rings. The molecule has 0 bridgehead atoms. The maximum atomic E-state index is 12.3. The number of imidazole rings is 1. The fourth-order valence-corrected chi connectivity index (χ4v) is 2.81. The second kappa shape index (κ2) is 5.67. The van der Waals surface area contributed by atoms with Crippen molar-refractivity contribution < 1.29 is 9.59 Å². The Labute approximate surface area is 126 Å². The number of carbonyl (C=O) groups is 2. The number of fused-ring (bicyclic) bond motifs is 1. The number of aromatic nitrogens is 2. The van der Waals surface area contributed by atoms with Crippen LogP contribution in [0.4, 0.5) is 5.69 Å². The number of benzene rings is 1. The highest BCUT2D eigenvalue weighted by Crippen LogP contribution is 2.21. The zero-order valence-electron chi connectivity index (χ0n) is 12.3. The van der Waals surface area contributed by atoms with E-state index in [4.69, 9.17) is 0 Å². The van der Waals surface area contributed by atoms with Crippen LogP contribution in [-0.2, 0) is 9.59 Å². The number of anilines is 1. The van der Waals surface area contributed by atoms with E-state index >= 15 is 0 Å². The van der Waals surface area contributed by atoms with Gasteiger partial charge in [-0.25, -0.2) is 4.79 Å². The van der Waals surface area contributed by atoms with Crippen molar-refractivity contribution in [3.05, 3.63) is 28.7 Å². The first-order valence-corrected chi connectivity index (χ1v) is 7.31. The van der Waals surface area contributed by atoms with Crippen LogP contribution in [0.2, 0.25) is 0 Å². The van der Waals surface area contributed by atoms with Crippen LogP contribution in [0.3, 0.4) is 0 Å². The van der Waals surface area contributed by atoms with Gasteiger partial charge >= 0.3 is 5.69 Å². The van der Waals surface area contributed by atoms with Gasteiger partial charge in [-0.15, -0.1) is 0 Å². The van der Waals surface area contributed by atoms with Gasteiger partial charge in [-0.1, -0.05) is 0 Å². The molecule has 1 aliphatic heterocycles. The SMILES string of the molecule is CC(=O)N1CCC(C(=O)Nc2ccc3[nH]c(=O)[nH]c3c2)CC1. The van der Waals surface area contributed by atoms with Gasteiger partial charge in [0.05, 0.1) is 11.0 Å². The third kappa shape index (κ3) is 2.88. The van der Waals surface area contributed by atoms with Crippen molar-refractivity contribution in [3.63, 3.8) is 0 Å². The summed E-state index contributed by atoms with van der Waals surface area (Å²) in [6.45, 7) is 2.79. The third-order valence-corrected chi connectivity index (χ3v) is 4.09. The number of H-pyrrole nitrogens is 2. The van der Waals surface area contributed by atoms with Crippen molar-refractivity contribution >= 4 is 28.5 Å². The molecule has 2 amide bonds. The maximum Gasteiger partial charge on any atom is 0.323 e. The van der Waals surface area contributed by atoms with Crippen molar-refractivity contribution in [2.45, 2.75) is 19.8 Å². The van der Waals surface area contributed by atoms with Crippen molar-refractivity contribution in [3.8, 4) is 0 Å². The third-order valence-electron chi connectivity index (χ3n) is 4.09. The zero-order valence-corrected chi connectivity index (χ0v) is 12.3. The van der Waals surface area contributed by atoms with Gasteiger partial charge in [0.25, 0.3) is 0 Å². The fourth-order valence-electron chi connectivity index (χ4n) is 2.81. The average Bonchev–Trinajstić information content (AvgIpc) is 2.86. The molecule has 7 nitrogen and oxygen atoms in total. The summed E-state index contributed by atoms with van der Waals surface area (Å²) >= 11 is 0. The molecule has 0 spiro atoms. The Hall–Kier alpha value is -2.57. The van der Waals surface area contributed by atoms with E-state index in [2.05, 4.69) is 15.3 Å². The number of rotatable bonds is 2. The highest BCUT2D eigenvalue weighted by molar-refractivity contribution is 5.94. The number of hydrogen-bond acceptors (Lipinski definition) is 3. The first-order valence-electron chi connectivity index (χ1n) is 7.31. The Bertz CT molecular complexity index is 768. The van der Waals surface area contributed by atoms with Gasteiger partial charge in [0.15, 0.2) is 0 Å². The first-order chi connectivity index (χ1) is 10.5. The lowest BCUT2D eigenvalue weighted by atomic mass is 9.96. The summed E-state index contributed by atoms with van der Waals surface area (Å²) in [4.78, 5) is 41.9. The minimum absolute atomic E-state index is 0.0413. The molecule has 2 aromatic rings. The molecular weight excluding hydrogens is 284 g/mol. The molecule has 0 atom stereocenters. The van der Waals surface area contributed by atoms with Gasteiger partial charge in [0.2, 0.25) is 11.8 Å². The van der Waals surface area contributed by atoms with Gasteiger partial charge in [-0.05, 0) is 31.0 Å². The number of amides is 2. The van der Waals surface area contributed by atoms with Crippen molar-refractivity contribution in [1.82, 2.24) is 14.9 Å². The molecule has 0 radical (unpaired) electrons. The van der Waals surface area contributed by atoms with Crippen LogP contribution in [-0.4, -0.2) is 39.8 Å². The summed E-state index contributed by atoms with van der Waals surface area (Å²) in [5.41, 5.74) is 1.75. The number of piperidine rings is 1. The maximum absolute atomic E-state index is 12.3. The summed E-state index contributed by atoms with van der Waals surface area (Å²) in [6, 6.07) is 5.24. The molecule has 116 valence electrons. The molecule has 0 saturated carbocycles. The molecule has 1 aliphatic rings. The van der Waals surface area contributed by atoms with E-state index in [9.17, 15) is 14.4 Å². The smallest absolute Gasteiger partial charge is 0.323 e. The lowest BCUT2D eigenvalue weighted by molar-refractivity contribution is -0.132. The van der Waals surface area contributed by atoms with E-state index in [1.807, 2.05) is 0 Å². The second-order valence-electron chi connectivity index (χ2n) is 5.61. The predicted molar refractivity (Wildman–Crippen MR) is 82.5 cm³/mol. The van der Waals surface area contributed by atoms with E-state index < -0.39 is 0 Å². The summed E-state index contributed by atoms with van der Waals surface area (Å²) in [5.74, 6) is -0.0715. The summed E-state index contributed by atoms with van der Waals surface area (Å²) in [6.07, 6.45) is 1.35. The van der Waals surface area contributed by atoms with Crippen molar-refractivity contribution in [2.75, 3.05) is 18.4 Å². The van der Waals surface area contributed by atoms with Crippen molar-refractivity contribution in [2.24, 2.45) is 5.92 Å². The van der Waals surface area contributed by atoms with Gasteiger partial charge in [0.1, 0.15) is 0 Å². The summed E-state index contributed by atoms with van der Waals surface area (Å²) < 4.78 is 0. The topological polar surface area (TPSA) is 98.1 Å². The standard InChI is InChI=1S/C15H18N4O3/c1-9(20)19-6-4-10(5-7-19)14(21)16-11-2-3-12-13(8-11)18-15(22)17-12/h2-3,8,10H,4-7H2,1H3,(H,16,21)(H2,17,18,22). The van der Waals surface area contributed by atoms with Gasteiger partial charge in [-0.2, -0.15) is 0 Å². The van der Waals surface area contributed by atoms with Crippen LogP contribution >= 0.6 is 0 Å². The second-order valence-corrected chi connectivity index (χ2v) is 5.61. The molecule has 1 aromatic heterocycles. The van der Waals surface area contributed by atoms with E-state index in [1.165, 1.54) is 0 Å². The fraction of sp³-hybridized carbons (Fsp3) is 0.400. The minimum Gasteiger partial charge on any atom is -0.343 e. The van der Waals surface area contributed by atoms with Gasteiger partial charge in [-0.3, -0.25) is 9.59 Å². The quantitative estimate of drug-likeness (QED) is 0.773. The van der Waals surface area contributed by atoms with E-state index in [1.54, 1.807) is 30.0 Å². The Morgan fingerprint density at radius 3 is 2.55 bits per heavy atom. The number of likely N-dealkylation sites (tertiary alicyclic amines) is 1. The van der Waals surface area contributed by atoms with Crippen LogP contribution in [0.5, 0.6) is 0 Å². The number of nitrogens with zero attached hydrogens (tertiary/aromatic N) is 1. The minimum atomic E-state index is -0.268. The molecule has 3 N–H and O–H groups in total. The Balaban J connectivity index is 1.65. The number of carbonyl (C=O) groups excluding carboxylic acids is 2. The molecular formula is C15H18N4O3. The van der Waals surface area contributed by atoms with Crippen molar-refractivity contribution in [1.29, 1.82) is 0 Å². The Kier molecular flexibility index (Phi) is 3.70. The number of hydrogen-bond donors (Lipinski definition) is 3. The highest BCUT2D eigenvalue weighted by Gasteiger charge is 2.26. The number of aromatic amines is 2. The predicted octanol–water partition coefficient (Wildman–Crippen LogP) is 1.05. The average molecular weight is 302 g/mol. The molecule has 7 heteroatoms. The Morgan fingerprint density at radius 1 is 1.18 bits per heavy atom. The van der Waals surface area contributed by atoms with Crippen LogP contribution in [0.25, 0.3) is 11.0 Å². The van der Waals surface area contributed by atoms with Crippen LogP contribution in [0, 0.1) is 5.92 Å².